The second-order valence-corrected chi connectivity index (χ2v) is 7.79. The molecule has 0 aliphatic rings. The number of amides is 1. The minimum atomic E-state index is 0.0468. The van der Waals surface area contributed by atoms with Crippen molar-refractivity contribution in [1.29, 1.82) is 0 Å². The average molecular weight is 342 g/mol. The minimum Gasteiger partial charge on any atom is -0.326 e. The number of hydrogen-bond acceptors (Lipinski definition) is 4. The fraction of sp³-hybridized carbons (Fsp3) is 0.222. The Labute approximate surface area is 144 Å². The first-order chi connectivity index (χ1) is 11.1. The summed E-state index contributed by atoms with van der Waals surface area (Å²) in [6.45, 7) is 4.06. The van der Waals surface area contributed by atoms with Gasteiger partial charge in [-0.15, -0.1) is 11.3 Å². The van der Waals surface area contributed by atoms with E-state index in [9.17, 15) is 4.79 Å². The number of carbonyl (C=O) groups is 1. The van der Waals surface area contributed by atoms with Crippen molar-refractivity contribution < 1.29 is 4.79 Å². The molecule has 1 N–H and O–H groups in total. The van der Waals surface area contributed by atoms with E-state index in [1.54, 1.807) is 23.1 Å². The fourth-order valence-corrected chi connectivity index (χ4v) is 4.39. The number of carbonyl (C=O) groups excluding carboxylic acids is 1. The molecule has 0 radical (unpaired) electrons. The largest absolute Gasteiger partial charge is 0.326 e. The number of rotatable bonds is 5. The van der Waals surface area contributed by atoms with Gasteiger partial charge in [0.2, 0.25) is 5.91 Å². The third-order valence-corrected chi connectivity index (χ3v) is 5.67. The average Bonchev–Trinajstić information content (AvgIpc) is 2.93. The predicted octanol–water partition coefficient (Wildman–Crippen LogP) is 5.03. The monoisotopic (exact) mass is 342 g/mol. The van der Waals surface area contributed by atoms with Gasteiger partial charge in [0.25, 0.3) is 0 Å². The molecule has 0 aliphatic carbocycles. The lowest BCUT2D eigenvalue weighted by molar-refractivity contribution is -0.115. The molecule has 118 valence electrons. The Balaban J connectivity index is 1.52. The number of anilines is 1. The van der Waals surface area contributed by atoms with Crippen molar-refractivity contribution in [3.63, 3.8) is 0 Å². The lowest BCUT2D eigenvalue weighted by Crippen LogP contribution is -2.13. The van der Waals surface area contributed by atoms with Crippen LogP contribution >= 0.6 is 23.1 Å². The molecule has 0 fully saturated rings. The summed E-state index contributed by atoms with van der Waals surface area (Å²) in [7, 11) is 0. The highest BCUT2D eigenvalue weighted by molar-refractivity contribution is 8.01. The van der Waals surface area contributed by atoms with Crippen molar-refractivity contribution >= 4 is 44.9 Å². The van der Waals surface area contributed by atoms with Crippen molar-refractivity contribution in [2.75, 3.05) is 11.1 Å². The van der Waals surface area contributed by atoms with Crippen molar-refractivity contribution in [3.8, 4) is 0 Å². The van der Waals surface area contributed by atoms with Gasteiger partial charge in [-0.05, 0) is 37.6 Å². The molecule has 3 nitrogen and oxygen atoms in total. The normalized spacial score (nSPS) is 10.9. The molecule has 5 heteroatoms. The second kappa shape index (κ2) is 7.15. The van der Waals surface area contributed by atoms with Crippen LogP contribution in [0.1, 0.15) is 17.5 Å². The van der Waals surface area contributed by atoms with Gasteiger partial charge in [0.15, 0.2) is 4.34 Å². The van der Waals surface area contributed by atoms with Crippen LogP contribution in [0.25, 0.3) is 10.2 Å². The first-order valence-electron chi connectivity index (χ1n) is 7.47. The number of benzene rings is 2. The number of nitrogens with one attached hydrogen (secondary N) is 1. The van der Waals surface area contributed by atoms with E-state index in [0.717, 1.165) is 26.9 Å². The smallest absolute Gasteiger partial charge is 0.225 e. The Hall–Kier alpha value is -1.85. The number of aryl methyl sites for hydroxylation is 2. The van der Waals surface area contributed by atoms with E-state index in [-0.39, 0.29) is 5.91 Å². The Morgan fingerprint density at radius 2 is 2.04 bits per heavy atom. The quantitative estimate of drug-likeness (QED) is 0.661. The van der Waals surface area contributed by atoms with Gasteiger partial charge in [-0.2, -0.15) is 0 Å². The van der Waals surface area contributed by atoms with Crippen LogP contribution in [0.5, 0.6) is 0 Å². The molecular formula is C18H18N2OS2. The maximum atomic E-state index is 12.1. The van der Waals surface area contributed by atoms with Crippen LogP contribution < -0.4 is 5.32 Å². The zero-order chi connectivity index (χ0) is 16.2. The Morgan fingerprint density at radius 1 is 1.22 bits per heavy atom. The number of thiazole rings is 1. The SMILES string of the molecule is Cc1ccc(NC(=O)CCSc2nc3ccccc3s2)c(C)c1. The number of fused-ring (bicyclic) bond motifs is 1. The van der Waals surface area contributed by atoms with E-state index in [0.29, 0.717) is 6.42 Å². The number of nitrogens with zero attached hydrogens (tertiary/aromatic N) is 1. The van der Waals surface area contributed by atoms with Crippen molar-refractivity contribution in [1.82, 2.24) is 4.98 Å². The molecular weight excluding hydrogens is 324 g/mol. The molecule has 0 bridgehead atoms. The van der Waals surface area contributed by atoms with Crippen LogP contribution in [0, 0.1) is 13.8 Å². The van der Waals surface area contributed by atoms with Crippen LogP contribution in [0.2, 0.25) is 0 Å². The number of aromatic nitrogens is 1. The summed E-state index contributed by atoms with van der Waals surface area (Å²) in [6.07, 6.45) is 0.480. The molecule has 0 saturated heterocycles. The molecule has 3 aromatic rings. The fourth-order valence-electron chi connectivity index (χ4n) is 2.31. The van der Waals surface area contributed by atoms with Crippen LogP contribution in [0.15, 0.2) is 46.8 Å². The molecule has 1 heterocycles. The molecule has 0 atom stereocenters. The van der Waals surface area contributed by atoms with Crippen molar-refractivity contribution in [3.05, 3.63) is 53.6 Å². The van der Waals surface area contributed by atoms with E-state index in [4.69, 9.17) is 0 Å². The Kier molecular flexibility index (Phi) is 4.98. The summed E-state index contributed by atoms with van der Waals surface area (Å²) in [5.74, 6) is 0.780. The summed E-state index contributed by atoms with van der Waals surface area (Å²) in [5.41, 5.74) is 4.22. The second-order valence-electron chi connectivity index (χ2n) is 5.41. The number of hydrogen-bond donors (Lipinski definition) is 1. The van der Waals surface area contributed by atoms with Gasteiger partial charge in [0.05, 0.1) is 10.2 Å². The maximum absolute atomic E-state index is 12.1. The summed E-state index contributed by atoms with van der Waals surface area (Å²) in [5, 5.41) is 2.98. The van der Waals surface area contributed by atoms with Gasteiger partial charge in [-0.25, -0.2) is 4.98 Å². The standard InChI is InChI=1S/C18H18N2OS2/c1-12-7-8-14(13(2)11-12)19-17(21)9-10-22-18-20-15-5-3-4-6-16(15)23-18/h3-8,11H,9-10H2,1-2H3,(H,19,21). The third-order valence-electron chi connectivity index (χ3n) is 3.48. The third kappa shape index (κ3) is 4.12. The van der Waals surface area contributed by atoms with Crippen molar-refractivity contribution in [2.24, 2.45) is 0 Å². The number of para-hydroxylation sites is 1. The lowest BCUT2D eigenvalue weighted by atomic mass is 10.1. The zero-order valence-electron chi connectivity index (χ0n) is 13.1. The van der Waals surface area contributed by atoms with E-state index in [1.165, 1.54) is 10.3 Å². The molecule has 23 heavy (non-hydrogen) atoms. The molecule has 0 aliphatic heterocycles. The van der Waals surface area contributed by atoms with Gasteiger partial charge in [0, 0.05) is 17.9 Å². The topological polar surface area (TPSA) is 42.0 Å². The highest BCUT2D eigenvalue weighted by Crippen LogP contribution is 2.29. The van der Waals surface area contributed by atoms with Gasteiger partial charge < -0.3 is 5.32 Å². The molecule has 1 amide bonds. The lowest BCUT2D eigenvalue weighted by Gasteiger charge is -2.08. The first kappa shape index (κ1) is 16.0. The summed E-state index contributed by atoms with van der Waals surface area (Å²) in [4.78, 5) is 16.6. The molecule has 0 unspecified atom stereocenters. The molecule has 2 aromatic carbocycles. The Morgan fingerprint density at radius 3 is 2.83 bits per heavy atom. The van der Waals surface area contributed by atoms with Crippen LogP contribution in [0.3, 0.4) is 0 Å². The zero-order valence-corrected chi connectivity index (χ0v) is 14.8. The minimum absolute atomic E-state index is 0.0468. The molecule has 0 saturated carbocycles. The van der Waals surface area contributed by atoms with Gasteiger partial charge in [-0.3, -0.25) is 4.79 Å². The Bertz CT molecular complexity index is 809. The van der Waals surface area contributed by atoms with Crippen LogP contribution in [-0.4, -0.2) is 16.6 Å². The van der Waals surface area contributed by atoms with Gasteiger partial charge in [-0.1, -0.05) is 41.6 Å². The van der Waals surface area contributed by atoms with E-state index < -0.39 is 0 Å². The highest BCUT2D eigenvalue weighted by Gasteiger charge is 2.07. The van der Waals surface area contributed by atoms with E-state index >= 15 is 0 Å². The summed E-state index contributed by atoms with van der Waals surface area (Å²) in [6, 6.07) is 14.2. The van der Waals surface area contributed by atoms with Gasteiger partial charge in [0.1, 0.15) is 0 Å². The number of thioether (sulfide) groups is 1. The van der Waals surface area contributed by atoms with E-state index in [2.05, 4.69) is 22.4 Å². The van der Waals surface area contributed by atoms with E-state index in [1.807, 2.05) is 44.2 Å². The first-order valence-corrected chi connectivity index (χ1v) is 9.27. The van der Waals surface area contributed by atoms with Crippen LogP contribution in [-0.2, 0) is 4.79 Å². The van der Waals surface area contributed by atoms with Gasteiger partial charge >= 0.3 is 0 Å². The van der Waals surface area contributed by atoms with Crippen molar-refractivity contribution in [2.45, 2.75) is 24.6 Å². The molecule has 0 spiro atoms. The summed E-state index contributed by atoms with van der Waals surface area (Å²) < 4.78 is 2.21. The molecule has 3 rings (SSSR count). The predicted molar refractivity (Wildman–Crippen MR) is 99.5 cm³/mol. The highest BCUT2D eigenvalue weighted by atomic mass is 32.2. The van der Waals surface area contributed by atoms with Crippen LogP contribution in [0.4, 0.5) is 5.69 Å². The molecule has 1 aromatic heterocycles. The maximum Gasteiger partial charge on any atom is 0.225 e. The summed E-state index contributed by atoms with van der Waals surface area (Å²) >= 11 is 3.32.